The maximum absolute atomic E-state index is 8.95. The molecule has 2 N–H and O–H groups in total. The fourth-order valence-electron chi connectivity index (χ4n) is 2.32. The van der Waals surface area contributed by atoms with Crippen LogP contribution in [-0.2, 0) is 16.0 Å². The first-order chi connectivity index (χ1) is 11.1. The summed E-state index contributed by atoms with van der Waals surface area (Å²) in [5.41, 5.74) is 11.0. The summed E-state index contributed by atoms with van der Waals surface area (Å²) in [4.78, 5) is 13.3. The number of carbonyl (C=O) groups is 1. The number of aryl methyl sites for hydroxylation is 3. The number of nitrogens with zero attached hydrogens (tertiary/aromatic N) is 1. The lowest BCUT2D eigenvalue weighted by Crippen LogP contribution is -1.91. The molecule has 126 valence electrons. The molecule has 1 heterocycles. The Hall–Kier alpha value is -2.20. The van der Waals surface area contributed by atoms with Crippen LogP contribution >= 0.6 is 0 Å². The summed E-state index contributed by atoms with van der Waals surface area (Å²) in [5, 5.41) is 0. The van der Waals surface area contributed by atoms with Crippen molar-refractivity contribution >= 4 is 6.47 Å². The van der Waals surface area contributed by atoms with Gasteiger partial charge in [0.1, 0.15) is 0 Å². The van der Waals surface area contributed by atoms with Crippen LogP contribution in [0.15, 0.2) is 36.7 Å². The Morgan fingerprint density at radius 2 is 1.74 bits per heavy atom. The van der Waals surface area contributed by atoms with Crippen LogP contribution in [0.4, 0.5) is 0 Å². The average Bonchev–Trinajstić information content (AvgIpc) is 2.57. The van der Waals surface area contributed by atoms with Gasteiger partial charge in [-0.1, -0.05) is 31.5 Å². The van der Waals surface area contributed by atoms with Crippen LogP contribution in [0, 0.1) is 13.8 Å². The zero-order valence-electron chi connectivity index (χ0n) is 14.8. The van der Waals surface area contributed by atoms with E-state index in [1.165, 1.54) is 42.0 Å². The van der Waals surface area contributed by atoms with Crippen LogP contribution in [0.25, 0.3) is 11.1 Å². The van der Waals surface area contributed by atoms with Crippen molar-refractivity contribution in [1.29, 1.82) is 0 Å². The summed E-state index contributed by atoms with van der Waals surface area (Å²) in [6.45, 7) is 6.90. The lowest BCUT2D eigenvalue weighted by atomic mass is 9.96. The van der Waals surface area contributed by atoms with Crippen LogP contribution < -0.4 is 5.73 Å². The largest absolute Gasteiger partial charge is 0.471 e. The van der Waals surface area contributed by atoms with Crippen molar-refractivity contribution in [2.24, 2.45) is 5.73 Å². The quantitative estimate of drug-likeness (QED) is 0.874. The summed E-state index contributed by atoms with van der Waals surface area (Å²) in [7, 11) is 2.81. The van der Waals surface area contributed by atoms with Crippen LogP contribution in [0.1, 0.15) is 30.0 Å². The van der Waals surface area contributed by atoms with Crippen molar-refractivity contribution < 1.29 is 9.53 Å². The Bertz CT molecular complexity index is 563. The summed E-state index contributed by atoms with van der Waals surface area (Å²) >= 11 is 0. The number of nitrogens with two attached hydrogens (primary N) is 1. The van der Waals surface area contributed by atoms with Crippen LogP contribution in [0.3, 0.4) is 0 Å². The highest BCUT2D eigenvalue weighted by Crippen LogP contribution is 2.27. The minimum atomic E-state index is 0.375. The number of ether oxygens (including phenoxy) is 1. The molecule has 0 aliphatic carbocycles. The first-order valence-electron chi connectivity index (χ1n) is 7.68. The Morgan fingerprint density at radius 1 is 1.17 bits per heavy atom. The number of methoxy groups -OCH3 is 1. The van der Waals surface area contributed by atoms with E-state index in [-0.39, 0.29) is 0 Å². The first-order valence-corrected chi connectivity index (χ1v) is 7.68. The van der Waals surface area contributed by atoms with Crippen LogP contribution in [0.5, 0.6) is 0 Å². The number of aromatic nitrogens is 1. The monoisotopic (exact) mass is 316 g/mol. The highest BCUT2D eigenvalue weighted by molar-refractivity contribution is 5.70. The minimum absolute atomic E-state index is 0.375. The zero-order valence-corrected chi connectivity index (χ0v) is 14.8. The normalized spacial score (nSPS) is 8.96. The van der Waals surface area contributed by atoms with Crippen molar-refractivity contribution in [2.45, 2.75) is 33.6 Å². The van der Waals surface area contributed by atoms with Gasteiger partial charge in [-0.05, 0) is 55.6 Å². The number of benzene rings is 1. The van der Waals surface area contributed by atoms with E-state index in [9.17, 15) is 0 Å². The smallest absolute Gasteiger partial charge is 0.292 e. The summed E-state index contributed by atoms with van der Waals surface area (Å²) in [5.74, 6) is 0. The van der Waals surface area contributed by atoms with Crippen molar-refractivity contribution in [3.63, 3.8) is 0 Å². The van der Waals surface area contributed by atoms with Gasteiger partial charge in [0.05, 0.1) is 7.11 Å². The molecule has 2 aromatic rings. The van der Waals surface area contributed by atoms with Gasteiger partial charge < -0.3 is 10.5 Å². The molecule has 23 heavy (non-hydrogen) atoms. The first kappa shape index (κ1) is 20.8. The Balaban J connectivity index is 0.000000705. The molecule has 0 saturated heterocycles. The molecule has 0 spiro atoms. The number of hydrogen-bond donors (Lipinski definition) is 1. The van der Waals surface area contributed by atoms with Crippen molar-refractivity contribution in [1.82, 2.24) is 4.98 Å². The highest BCUT2D eigenvalue weighted by atomic mass is 16.5. The van der Waals surface area contributed by atoms with Gasteiger partial charge in [-0.3, -0.25) is 9.78 Å². The standard InChI is InChI=1S/C16H19N.C2H4O2.CH5N/c1-4-6-14-9-15(11-17-10-14)16-12(2)7-5-8-13(16)3;1-4-2-3;1-2/h5,7-11H,4,6H2,1-3H3;2H,1H3;2H2,1H3. The molecule has 0 amide bonds. The maximum Gasteiger partial charge on any atom is 0.292 e. The predicted molar refractivity (Wildman–Crippen MR) is 96.3 cm³/mol. The van der Waals surface area contributed by atoms with Gasteiger partial charge in [-0.25, -0.2) is 0 Å². The van der Waals surface area contributed by atoms with Gasteiger partial charge in [0.15, 0.2) is 0 Å². The molecule has 0 atom stereocenters. The molecule has 4 nitrogen and oxygen atoms in total. The van der Waals surface area contributed by atoms with E-state index in [2.05, 4.69) is 60.5 Å². The van der Waals surface area contributed by atoms with Crippen LogP contribution in [0.2, 0.25) is 0 Å². The molecule has 4 heteroatoms. The van der Waals surface area contributed by atoms with Gasteiger partial charge >= 0.3 is 0 Å². The molecule has 0 aliphatic rings. The van der Waals surface area contributed by atoms with E-state index in [4.69, 9.17) is 4.79 Å². The molecular weight excluding hydrogens is 288 g/mol. The molecule has 1 aromatic carbocycles. The third kappa shape index (κ3) is 7.06. The Kier molecular flexibility index (Phi) is 11.2. The maximum atomic E-state index is 8.95. The summed E-state index contributed by atoms with van der Waals surface area (Å²) in [6.07, 6.45) is 6.21. The second-order valence-corrected chi connectivity index (χ2v) is 4.93. The lowest BCUT2D eigenvalue weighted by Gasteiger charge is -2.10. The van der Waals surface area contributed by atoms with Crippen LogP contribution in [-0.4, -0.2) is 25.6 Å². The number of carbonyl (C=O) groups excluding carboxylic acids is 1. The van der Waals surface area contributed by atoms with E-state index < -0.39 is 0 Å². The van der Waals surface area contributed by atoms with Crippen molar-refractivity contribution in [3.05, 3.63) is 53.3 Å². The summed E-state index contributed by atoms with van der Waals surface area (Å²) < 4.78 is 3.86. The Morgan fingerprint density at radius 3 is 2.22 bits per heavy atom. The topological polar surface area (TPSA) is 65.2 Å². The average molecular weight is 316 g/mol. The third-order valence-electron chi connectivity index (χ3n) is 3.20. The lowest BCUT2D eigenvalue weighted by molar-refractivity contribution is -0.126. The van der Waals surface area contributed by atoms with Crippen molar-refractivity contribution in [2.75, 3.05) is 14.2 Å². The van der Waals surface area contributed by atoms with E-state index >= 15 is 0 Å². The predicted octanol–water partition coefficient (Wildman–Crippen LogP) is 3.68. The summed E-state index contributed by atoms with van der Waals surface area (Å²) in [6, 6.07) is 8.70. The SMILES string of the molecule is CCCc1cncc(-c2c(C)cccc2C)c1.CN.COC=O. The molecule has 1 aromatic heterocycles. The molecule has 0 unspecified atom stereocenters. The van der Waals surface area contributed by atoms with Gasteiger partial charge in [0.2, 0.25) is 0 Å². The van der Waals surface area contributed by atoms with E-state index in [0.717, 1.165) is 12.8 Å². The van der Waals surface area contributed by atoms with Gasteiger partial charge in [-0.2, -0.15) is 0 Å². The number of hydrogen-bond acceptors (Lipinski definition) is 4. The molecule has 0 fully saturated rings. The van der Waals surface area contributed by atoms with Gasteiger partial charge in [0.25, 0.3) is 6.47 Å². The fraction of sp³-hybridized carbons (Fsp3) is 0.368. The molecule has 0 radical (unpaired) electrons. The van der Waals surface area contributed by atoms with E-state index in [1.807, 2.05) is 12.4 Å². The third-order valence-corrected chi connectivity index (χ3v) is 3.20. The van der Waals surface area contributed by atoms with E-state index in [0.29, 0.717) is 6.47 Å². The Labute approximate surface area is 139 Å². The second-order valence-electron chi connectivity index (χ2n) is 4.93. The van der Waals surface area contributed by atoms with E-state index in [1.54, 1.807) is 0 Å². The molecule has 0 aliphatic heterocycles. The fourth-order valence-corrected chi connectivity index (χ4v) is 2.32. The molecule has 2 rings (SSSR count). The number of pyridine rings is 1. The zero-order chi connectivity index (χ0) is 17.7. The number of rotatable bonds is 4. The molecular formula is C19H28N2O2. The molecule has 0 saturated carbocycles. The second kappa shape index (κ2) is 12.4. The van der Waals surface area contributed by atoms with Gasteiger partial charge in [-0.15, -0.1) is 0 Å². The van der Waals surface area contributed by atoms with Gasteiger partial charge in [0, 0.05) is 18.0 Å². The van der Waals surface area contributed by atoms with Crippen molar-refractivity contribution in [3.8, 4) is 11.1 Å². The molecule has 0 bridgehead atoms. The highest BCUT2D eigenvalue weighted by Gasteiger charge is 2.06. The minimum Gasteiger partial charge on any atom is -0.471 e.